The van der Waals surface area contributed by atoms with Gasteiger partial charge in [-0.2, -0.15) is 12.6 Å². The first-order valence-corrected chi connectivity index (χ1v) is 6.59. The van der Waals surface area contributed by atoms with Crippen LogP contribution in [-0.2, 0) is 9.59 Å². The van der Waals surface area contributed by atoms with Gasteiger partial charge in [0.05, 0.1) is 19.4 Å². The largest absolute Gasteiger partial charge is 0.497 e. The Morgan fingerprint density at radius 3 is 2.15 bits per heavy atom. The third kappa shape index (κ3) is 7.91. The van der Waals surface area contributed by atoms with Crippen LogP contribution in [0.15, 0.2) is 24.3 Å². The molecule has 2 N–H and O–H groups in total. The zero-order valence-electron chi connectivity index (χ0n) is 11.1. The van der Waals surface area contributed by atoms with Gasteiger partial charge in [0.25, 0.3) is 0 Å². The number of ether oxygens (including phenoxy) is 1. The number of hydrogen-bond acceptors (Lipinski definition) is 4. The number of halogens is 1. The Balaban J connectivity index is 0.000000367. The summed E-state index contributed by atoms with van der Waals surface area (Å²) in [4.78, 5) is 20.4. The molecular weight excluding hydrogens is 304 g/mol. The maximum atomic E-state index is 10.3. The van der Waals surface area contributed by atoms with Gasteiger partial charge in [0.1, 0.15) is 5.75 Å². The third-order valence-electron chi connectivity index (χ3n) is 2.40. The van der Waals surface area contributed by atoms with Gasteiger partial charge in [-0.05, 0) is 24.3 Å². The van der Waals surface area contributed by atoms with Gasteiger partial charge >= 0.3 is 11.9 Å². The molecule has 0 aliphatic heterocycles. The zero-order chi connectivity index (χ0) is 15.7. The number of carboxylic acids is 2. The molecule has 0 aromatic heterocycles. The molecule has 0 aliphatic rings. The predicted octanol–water partition coefficient (Wildman–Crippen LogP) is 2.83. The molecule has 0 spiro atoms. The van der Waals surface area contributed by atoms with Crippen molar-refractivity contribution in [3.63, 3.8) is 0 Å². The van der Waals surface area contributed by atoms with Crippen molar-refractivity contribution in [2.24, 2.45) is 5.92 Å². The smallest absolute Gasteiger partial charge is 0.307 e. The highest BCUT2D eigenvalue weighted by atomic mass is 35.5. The van der Waals surface area contributed by atoms with Gasteiger partial charge in [-0.1, -0.05) is 18.5 Å². The third-order valence-corrected chi connectivity index (χ3v) is 3.28. The van der Waals surface area contributed by atoms with Crippen LogP contribution in [0.5, 0.6) is 5.75 Å². The minimum Gasteiger partial charge on any atom is -0.497 e. The van der Waals surface area contributed by atoms with Crippen molar-refractivity contribution in [1.82, 2.24) is 0 Å². The summed E-state index contributed by atoms with van der Waals surface area (Å²) in [6.45, 7) is 1.43. The van der Waals surface area contributed by atoms with E-state index in [1.54, 1.807) is 19.2 Å². The molecule has 2 atom stereocenters. The average Bonchev–Trinajstić information content (AvgIpc) is 2.38. The lowest BCUT2D eigenvalue weighted by Gasteiger charge is -2.11. The van der Waals surface area contributed by atoms with Crippen LogP contribution in [0, 0.1) is 5.92 Å². The fourth-order valence-corrected chi connectivity index (χ4v) is 1.50. The monoisotopic (exact) mass is 320 g/mol. The molecule has 0 fully saturated rings. The van der Waals surface area contributed by atoms with E-state index < -0.39 is 23.1 Å². The summed E-state index contributed by atoms with van der Waals surface area (Å²) in [6, 6.07) is 7.23. The Morgan fingerprint density at radius 2 is 1.80 bits per heavy atom. The highest BCUT2D eigenvalue weighted by Gasteiger charge is 2.22. The minimum atomic E-state index is -1.03. The average molecular weight is 321 g/mol. The number of rotatable bonds is 5. The van der Waals surface area contributed by atoms with E-state index in [0.29, 0.717) is 0 Å². The number of carboxylic acid groups (broad SMARTS) is 2. The van der Waals surface area contributed by atoms with Crippen molar-refractivity contribution in [2.75, 3.05) is 7.11 Å². The standard InChI is InChI=1S/C7H7ClO.C6H10O4S/c1-9-7-4-2-6(8)3-5-7;1-3(6(9)10)4(11)2-5(7)8/h2-5H,1H3;3-4,11H,2H2,1H3,(H,7,8)(H,9,10). The van der Waals surface area contributed by atoms with Crippen LogP contribution in [0.3, 0.4) is 0 Å². The quantitative estimate of drug-likeness (QED) is 0.727. The van der Waals surface area contributed by atoms with Crippen molar-refractivity contribution < 1.29 is 24.5 Å². The molecule has 0 amide bonds. The molecule has 1 aromatic rings. The molecule has 0 radical (unpaired) electrons. The molecule has 1 aromatic carbocycles. The molecule has 5 nitrogen and oxygen atoms in total. The van der Waals surface area contributed by atoms with Crippen molar-refractivity contribution in [3.8, 4) is 5.75 Å². The summed E-state index contributed by atoms with van der Waals surface area (Å²) in [5.41, 5.74) is 0. The lowest BCUT2D eigenvalue weighted by atomic mass is 10.1. The van der Waals surface area contributed by atoms with Crippen LogP contribution in [0.2, 0.25) is 5.02 Å². The van der Waals surface area contributed by atoms with Crippen LogP contribution in [0.4, 0.5) is 0 Å². The van der Waals surface area contributed by atoms with Gasteiger partial charge in [-0.25, -0.2) is 0 Å². The molecule has 20 heavy (non-hydrogen) atoms. The molecule has 0 heterocycles. The summed E-state index contributed by atoms with van der Waals surface area (Å²) in [6.07, 6.45) is -0.226. The van der Waals surface area contributed by atoms with E-state index in [9.17, 15) is 9.59 Å². The van der Waals surface area contributed by atoms with E-state index >= 15 is 0 Å². The first-order chi connectivity index (χ1) is 9.27. The van der Waals surface area contributed by atoms with Crippen LogP contribution in [0.1, 0.15) is 13.3 Å². The Kier molecular flexibility index (Phi) is 8.83. The second-order valence-electron chi connectivity index (χ2n) is 3.95. The molecule has 1 rings (SSSR count). The summed E-state index contributed by atoms with van der Waals surface area (Å²) in [7, 11) is 1.63. The number of carbonyl (C=O) groups is 2. The van der Waals surface area contributed by atoms with Gasteiger partial charge in [-0.3, -0.25) is 9.59 Å². The van der Waals surface area contributed by atoms with Gasteiger partial charge in [0, 0.05) is 10.3 Å². The number of thiol groups is 1. The molecule has 2 unspecified atom stereocenters. The Morgan fingerprint density at radius 1 is 1.30 bits per heavy atom. The SMILES string of the molecule is CC(C(=O)O)C(S)CC(=O)O.COc1ccc(Cl)cc1. The summed E-state index contributed by atoms with van der Waals surface area (Å²) in [5.74, 6) is -1.95. The van der Waals surface area contributed by atoms with Gasteiger partial charge < -0.3 is 14.9 Å². The minimum absolute atomic E-state index is 0.226. The number of benzene rings is 1. The molecule has 0 saturated heterocycles. The fraction of sp³-hybridized carbons (Fsp3) is 0.385. The fourth-order valence-electron chi connectivity index (χ4n) is 1.09. The van der Waals surface area contributed by atoms with E-state index in [0.717, 1.165) is 10.8 Å². The lowest BCUT2D eigenvalue weighted by molar-refractivity contribution is -0.141. The predicted molar refractivity (Wildman–Crippen MR) is 79.8 cm³/mol. The van der Waals surface area contributed by atoms with Crippen LogP contribution in [0.25, 0.3) is 0 Å². The van der Waals surface area contributed by atoms with Crippen molar-refractivity contribution in [2.45, 2.75) is 18.6 Å². The van der Waals surface area contributed by atoms with Crippen molar-refractivity contribution in [3.05, 3.63) is 29.3 Å². The maximum absolute atomic E-state index is 10.3. The number of aliphatic carboxylic acids is 2. The first-order valence-electron chi connectivity index (χ1n) is 5.70. The highest BCUT2D eigenvalue weighted by Crippen LogP contribution is 2.14. The Bertz CT molecular complexity index is 435. The van der Waals surface area contributed by atoms with E-state index in [2.05, 4.69) is 12.6 Å². The van der Waals surface area contributed by atoms with Gasteiger partial charge in [0.2, 0.25) is 0 Å². The molecule has 0 saturated carbocycles. The number of methoxy groups -OCH3 is 1. The molecular formula is C13H17ClO5S. The second kappa shape index (κ2) is 9.50. The summed E-state index contributed by atoms with van der Waals surface area (Å²) >= 11 is 9.46. The normalized spacial score (nSPS) is 12.6. The van der Waals surface area contributed by atoms with Crippen LogP contribution >= 0.6 is 24.2 Å². The Labute approximate surface area is 127 Å². The van der Waals surface area contributed by atoms with Gasteiger partial charge in [-0.15, -0.1) is 0 Å². The molecule has 0 bridgehead atoms. The van der Waals surface area contributed by atoms with E-state index in [4.69, 9.17) is 26.6 Å². The Hall–Kier alpha value is -1.40. The summed E-state index contributed by atoms with van der Waals surface area (Å²) < 4.78 is 4.91. The van der Waals surface area contributed by atoms with Crippen molar-refractivity contribution >= 4 is 36.2 Å². The molecule has 0 aliphatic carbocycles. The van der Waals surface area contributed by atoms with E-state index in [-0.39, 0.29) is 6.42 Å². The van der Waals surface area contributed by atoms with Crippen molar-refractivity contribution in [1.29, 1.82) is 0 Å². The maximum Gasteiger partial charge on any atom is 0.307 e. The number of hydrogen-bond donors (Lipinski definition) is 3. The molecule has 7 heteroatoms. The van der Waals surface area contributed by atoms with Crippen LogP contribution < -0.4 is 4.74 Å². The summed E-state index contributed by atoms with van der Waals surface area (Å²) in [5, 5.41) is 16.8. The second-order valence-corrected chi connectivity index (χ2v) is 5.05. The van der Waals surface area contributed by atoms with E-state index in [1.165, 1.54) is 6.92 Å². The lowest BCUT2D eigenvalue weighted by Crippen LogP contribution is -2.23. The molecule has 112 valence electrons. The van der Waals surface area contributed by atoms with Gasteiger partial charge in [0.15, 0.2) is 0 Å². The zero-order valence-corrected chi connectivity index (χ0v) is 12.8. The highest BCUT2D eigenvalue weighted by molar-refractivity contribution is 7.81. The van der Waals surface area contributed by atoms with E-state index in [1.807, 2.05) is 12.1 Å². The first kappa shape index (κ1) is 18.6. The topological polar surface area (TPSA) is 83.8 Å². The van der Waals surface area contributed by atoms with Crippen LogP contribution in [-0.4, -0.2) is 34.5 Å².